The van der Waals surface area contributed by atoms with E-state index in [1.54, 1.807) is 43.5 Å². The molecule has 0 amide bonds. The van der Waals surface area contributed by atoms with Gasteiger partial charge >= 0.3 is 11.7 Å². The quantitative estimate of drug-likeness (QED) is 0.239. The second kappa shape index (κ2) is 8.74. The van der Waals surface area contributed by atoms with E-state index in [1.165, 1.54) is 24.6 Å². The summed E-state index contributed by atoms with van der Waals surface area (Å²) >= 11 is 0. The minimum absolute atomic E-state index is 0.158. The highest BCUT2D eigenvalue weighted by atomic mass is 19.1. The fourth-order valence-corrected chi connectivity index (χ4v) is 3.66. The molecule has 0 aliphatic heterocycles. The van der Waals surface area contributed by atoms with Gasteiger partial charge in [-0.25, -0.2) is 4.39 Å². The molecule has 2 aromatic heterocycles. The first-order chi connectivity index (χ1) is 15.0. The van der Waals surface area contributed by atoms with Crippen LogP contribution in [0, 0.1) is 50.6 Å². The Kier molecular flexibility index (Phi) is 6.24. The maximum absolute atomic E-state index is 14.0. The van der Waals surface area contributed by atoms with Crippen molar-refractivity contribution in [2.75, 3.05) is 6.61 Å². The number of nitrogens with zero attached hydrogens (tertiary/aromatic N) is 4. The van der Waals surface area contributed by atoms with E-state index in [9.17, 15) is 24.1 Å². The van der Waals surface area contributed by atoms with Crippen molar-refractivity contribution in [3.63, 3.8) is 0 Å². The molecule has 2 heterocycles. The number of ether oxygens (including phenoxy) is 1. The third-order valence-electron chi connectivity index (χ3n) is 5.31. The Morgan fingerprint density at radius 2 is 1.81 bits per heavy atom. The molecule has 0 fully saturated rings. The molecule has 0 aliphatic carbocycles. The summed E-state index contributed by atoms with van der Waals surface area (Å²) in [6.45, 7) is 7.31. The average Bonchev–Trinajstić information content (AvgIpc) is 3.16. The molecule has 168 valence electrons. The number of aromatic nitrogens is 3. The molecule has 0 atom stereocenters. The van der Waals surface area contributed by atoms with Gasteiger partial charge in [0, 0.05) is 22.6 Å². The molecule has 0 unspecified atom stereocenters. The molecular weight excluding hydrogens is 419 g/mol. The van der Waals surface area contributed by atoms with Gasteiger partial charge in [-0.2, -0.15) is 5.10 Å². The largest absolute Gasteiger partial charge is 0.456 e. The summed E-state index contributed by atoms with van der Waals surface area (Å²) < 4.78 is 22.0. The topological polar surface area (TPSA) is 109 Å². The van der Waals surface area contributed by atoms with Crippen LogP contribution in [0.4, 0.5) is 10.1 Å². The number of hydrogen-bond acceptors (Lipinski definition) is 6. The minimum atomic E-state index is -0.742. The summed E-state index contributed by atoms with van der Waals surface area (Å²) in [4.78, 5) is 35.4. The van der Waals surface area contributed by atoms with E-state index in [0.717, 1.165) is 5.69 Å². The maximum Gasteiger partial charge on any atom is 0.328 e. The summed E-state index contributed by atoms with van der Waals surface area (Å²) in [7, 11) is 0. The fraction of sp³-hybridized carbons (Fsp3) is 0.318. The molecule has 0 radical (unpaired) electrons. The second-order valence-corrected chi connectivity index (χ2v) is 7.57. The molecule has 3 aromatic rings. The van der Waals surface area contributed by atoms with Crippen molar-refractivity contribution in [3.8, 4) is 5.69 Å². The third kappa shape index (κ3) is 4.29. The zero-order chi connectivity index (χ0) is 23.7. The van der Waals surface area contributed by atoms with E-state index < -0.39 is 23.3 Å². The van der Waals surface area contributed by atoms with Crippen LogP contribution in [0.25, 0.3) is 5.69 Å². The molecule has 0 saturated heterocycles. The van der Waals surface area contributed by atoms with Crippen molar-refractivity contribution in [3.05, 3.63) is 74.1 Å². The van der Waals surface area contributed by atoms with Gasteiger partial charge in [-0.05, 0) is 58.4 Å². The summed E-state index contributed by atoms with van der Waals surface area (Å²) in [5, 5.41) is 15.1. The number of nitro groups is 1. The Bertz CT molecular complexity index is 1240. The SMILES string of the molecule is Cc1ccc(-n2c(C)cc(C(=O)COC(=O)Cn3nc(C)c([N+](=O)[O-])c3C)c2C)cc1F. The van der Waals surface area contributed by atoms with Crippen molar-refractivity contribution in [1.29, 1.82) is 0 Å². The zero-order valence-electron chi connectivity index (χ0n) is 18.4. The number of hydrogen-bond donors (Lipinski definition) is 0. The average molecular weight is 442 g/mol. The molecule has 32 heavy (non-hydrogen) atoms. The van der Waals surface area contributed by atoms with E-state index in [4.69, 9.17) is 4.74 Å². The molecule has 0 saturated carbocycles. The number of Topliss-reactive ketones (excluding diaryl/α,β-unsaturated/α-hetero) is 1. The molecule has 0 bridgehead atoms. The lowest BCUT2D eigenvalue weighted by Gasteiger charge is -2.11. The Labute approximate surface area is 183 Å². The van der Waals surface area contributed by atoms with E-state index in [2.05, 4.69) is 5.10 Å². The first kappa shape index (κ1) is 22.9. The van der Waals surface area contributed by atoms with Gasteiger partial charge in [0.15, 0.2) is 6.61 Å². The first-order valence-corrected chi connectivity index (χ1v) is 9.84. The van der Waals surface area contributed by atoms with Gasteiger partial charge in [0.25, 0.3) is 0 Å². The number of benzene rings is 1. The van der Waals surface area contributed by atoms with Crippen LogP contribution in [-0.4, -0.2) is 37.6 Å². The number of carbonyl (C=O) groups is 2. The fourth-order valence-electron chi connectivity index (χ4n) is 3.66. The molecule has 0 N–H and O–H groups in total. The van der Waals surface area contributed by atoms with Crippen molar-refractivity contribution in [2.45, 2.75) is 41.2 Å². The Morgan fingerprint density at radius 3 is 2.41 bits per heavy atom. The molecule has 0 aliphatic rings. The van der Waals surface area contributed by atoms with Crippen molar-refractivity contribution < 1.29 is 23.6 Å². The summed E-state index contributed by atoms with van der Waals surface area (Å²) in [6, 6.07) is 6.49. The van der Waals surface area contributed by atoms with Crippen LogP contribution in [0.3, 0.4) is 0 Å². The van der Waals surface area contributed by atoms with Gasteiger partial charge in [0.1, 0.15) is 23.7 Å². The van der Waals surface area contributed by atoms with E-state index in [-0.39, 0.29) is 29.4 Å². The highest BCUT2D eigenvalue weighted by Gasteiger charge is 2.24. The standard InChI is InChI=1S/C22H23FN4O5/c1-12-6-7-17(9-19(12)23)26-13(2)8-18(15(26)4)20(28)11-32-21(29)10-25-16(5)22(27(30)31)14(3)24-25/h6-9H,10-11H2,1-5H3. The first-order valence-electron chi connectivity index (χ1n) is 9.84. The highest BCUT2D eigenvalue weighted by molar-refractivity contribution is 5.99. The summed E-state index contributed by atoms with van der Waals surface area (Å²) in [5.74, 6) is -1.50. The Morgan fingerprint density at radius 1 is 1.12 bits per heavy atom. The number of carbonyl (C=O) groups excluding carboxylic acids is 2. The minimum Gasteiger partial charge on any atom is -0.456 e. The molecule has 9 nitrogen and oxygen atoms in total. The number of halogens is 1. The summed E-state index contributed by atoms with van der Waals surface area (Å²) in [5.41, 5.74) is 3.06. The molecular formula is C22H23FN4O5. The second-order valence-electron chi connectivity index (χ2n) is 7.57. The Balaban J connectivity index is 1.72. The number of esters is 1. The van der Waals surface area contributed by atoms with Crippen LogP contribution >= 0.6 is 0 Å². The van der Waals surface area contributed by atoms with E-state index >= 15 is 0 Å². The van der Waals surface area contributed by atoms with Gasteiger partial charge < -0.3 is 9.30 Å². The van der Waals surface area contributed by atoms with Crippen molar-refractivity contribution in [1.82, 2.24) is 14.3 Å². The number of ketones is 1. The van der Waals surface area contributed by atoms with Gasteiger partial charge in [0.05, 0.1) is 4.92 Å². The van der Waals surface area contributed by atoms with Crippen LogP contribution < -0.4 is 0 Å². The van der Waals surface area contributed by atoms with Crippen molar-refractivity contribution >= 4 is 17.4 Å². The van der Waals surface area contributed by atoms with Crippen LogP contribution in [0.2, 0.25) is 0 Å². The highest BCUT2D eigenvalue weighted by Crippen LogP contribution is 2.24. The molecule has 1 aromatic carbocycles. The smallest absolute Gasteiger partial charge is 0.328 e. The van der Waals surface area contributed by atoms with E-state index in [0.29, 0.717) is 22.5 Å². The maximum atomic E-state index is 14.0. The van der Waals surface area contributed by atoms with Crippen LogP contribution in [-0.2, 0) is 16.1 Å². The molecule has 3 rings (SSSR count). The third-order valence-corrected chi connectivity index (χ3v) is 5.31. The number of rotatable bonds is 7. The monoisotopic (exact) mass is 442 g/mol. The lowest BCUT2D eigenvalue weighted by molar-refractivity contribution is -0.386. The lowest BCUT2D eigenvalue weighted by atomic mass is 10.1. The normalized spacial score (nSPS) is 10.9. The lowest BCUT2D eigenvalue weighted by Crippen LogP contribution is -2.20. The van der Waals surface area contributed by atoms with Crippen LogP contribution in [0.1, 0.15) is 38.7 Å². The van der Waals surface area contributed by atoms with Crippen LogP contribution in [0.15, 0.2) is 24.3 Å². The van der Waals surface area contributed by atoms with Crippen molar-refractivity contribution in [2.24, 2.45) is 0 Å². The Hall–Kier alpha value is -3.82. The van der Waals surface area contributed by atoms with Gasteiger partial charge in [-0.1, -0.05) is 6.07 Å². The van der Waals surface area contributed by atoms with Gasteiger partial charge in [0.2, 0.25) is 5.78 Å². The zero-order valence-corrected chi connectivity index (χ0v) is 18.4. The van der Waals surface area contributed by atoms with E-state index in [1.807, 2.05) is 0 Å². The van der Waals surface area contributed by atoms with Gasteiger partial charge in [-0.3, -0.25) is 24.4 Å². The molecule has 0 spiro atoms. The van der Waals surface area contributed by atoms with Gasteiger partial charge in [-0.15, -0.1) is 0 Å². The van der Waals surface area contributed by atoms with Crippen LogP contribution in [0.5, 0.6) is 0 Å². The predicted octanol–water partition coefficient (Wildman–Crippen LogP) is 3.69. The predicted molar refractivity (Wildman–Crippen MR) is 114 cm³/mol. The number of aryl methyl sites for hydroxylation is 3. The molecule has 10 heteroatoms. The summed E-state index contributed by atoms with van der Waals surface area (Å²) in [6.07, 6.45) is 0.